The SMILES string of the molecule is CCOP(N=P(NP(OCC)Oc1ccc(OC)cc1)(OCC)Oc1ccc(OC)cc1)Oc1ccc(OC)cc1. The lowest BCUT2D eigenvalue weighted by molar-refractivity contribution is 0.303. The first-order valence-electron chi connectivity index (χ1n) is 12.8. The Hall–Kier alpha value is -2.61. The van der Waals surface area contributed by atoms with E-state index in [0.717, 1.165) is 0 Å². The summed E-state index contributed by atoms with van der Waals surface area (Å²) in [5.74, 6) is 3.71. The van der Waals surface area contributed by atoms with Crippen LogP contribution in [0.1, 0.15) is 20.8 Å². The van der Waals surface area contributed by atoms with E-state index in [1.807, 2.05) is 20.8 Å². The molecule has 0 aliphatic rings. The number of nitrogens with one attached hydrogen (secondary N) is 1. The fourth-order valence-corrected chi connectivity index (χ4v) is 8.72. The average molecular weight is 627 g/mol. The molecule has 0 saturated heterocycles. The van der Waals surface area contributed by atoms with Crippen molar-refractivity contribution in [3.63, 3.8) is 0 Å². The quantitative estimate of drug-likeness (QED) is 0.138. The first kappa shape index (κ1) is 32.9. The fraction of sp³-hybridized carbons (Fsp3) is 0.333. The molecule has 3 aromatic carbocycles. The molecule has 1 N–H and O–H groups in total. The van der Waals surface area contributed by atoms with Gasteiger partial charge < -0.3 is 41.4 Å². The van der Waals surface area contributed by atoms with Gasteiger partial charge in [-0.3, -0.25) is 0 Å². The summed E-state index contributed by atoms with van der Waals surface area (Å²) in [7, 11) is -2.24. The molecule has 0 radical (unpaired) electrons. The van der Waals surface area contributed by atoms with E-state index in [4.69, 9.17) is 45.9 Å². The molecule has 3 unspecified atom stereocenters. The highest BCUT2D eigenvalue weighted by Crippen LogP contribution is 2.62. The molecule has 0 heterocycles. The molecule has 41 heavy (non-hydrogen) atoms. The minimum absolute atomic E-state index is 0.274. The molecule has 0 aromatic heterocycles. The predicted molar refractivity (Wildman–Crippen MR) is 162 cm³/mol. The third-order valence-corrected chi connectivity index (χ3v) is 10.9. The molecular weight excluding hydrogens is 589 g/mol. The summed E-state index contributed by atoms with van der Waals surface area (Å²) in [6, 6.07) is 21.4. The highest BCUT2D eigenvalue weighted by molar-refractivity contribution is 7.70. The smallest absolute Gasteiger partial charge is 0.377 e. The van der Waals surface area contributed by atoms with E-state index in [9.17, 15) is 0 Å². The summed E-state index contributed by atoms with van der Waals surface area (Å²) in [5, 5.41) is 0. The highest BCUT2D eigenvalue weighted by Gasteiger charge is 2.34. The van der Waals surface area contributed by atoms with Gasteiger partial charge in [0.05, 0.1) is 41.2 Å². The average Bonchev–Trinajstić information content (AvgIpc) is 2.98. The van der Waals surface area contributed by atoms with Crippen molar-refractivity contribution in [1.29, 1.82) is 0 Å². The maximum Gasteiger partial charge on any atom is 0.377 e. The van der Waals surface area contributed by atoms with Crippen LogP contribution in [0.3, 0.4) is 0 Å². The molecule has 0 amide bonds. The van der Waals surface area contributed by atoms with Crippen LogP contribution in [-0.2, 0) is 13.6 Å². The van der Waals surface area contributed by atoms with Crippen molar-refractivity contribution in [2.75, 3.05) is 41.2 Å². The Balaban J connectivity index is 2.02. The standard InChI is InChI=1S/C27H37N2O9P3/c1-7-33-39(36-25-16-10-22(30-4)11-17-25)28-41(35-9-3,38-27-20-14-24(32-6)15-21-27)29-40(34-8-2)37-26-18-12-23(31-5)13-19-26/h10-21,28H,7-9H2,1-6H3. The van der Waals surface area contributed by atoms with Gasteiger partial charge in [-0.05, 0) is 93.6 Å². The second-order valence-corrected chi connectivity index (χ2v) is 12.6. The Bertz CT molecular complexity index is 1220. The normalized spacial score (nSPS) is 13.8. The van der Waals surface area contributed by atoms with Crippen LogP contribution in [-0.4, -0.2) is 41.2 Å². The lowest BCUT2D eigenvalue weighted by Gasteiger charge is -2.29. The van der Waals surface area contributed by atoms with Gasteiger partial charge in [-0.15, -0.1) is 9.37 Å². The van der Waals surface area contributed by atoms with E-state index in [-0.39, 0.29) is 6.61 Å². The molecule has 0 aliphatic carbocycles. The van der Waals surface area contributed by atoms with Crippen molar-refractivity contribution in [3.05, 3.63) is 72.8 Å². The Kier molecular flexibility index (Phi) is 13.9. The molecule has 0 spiro atoms. The van der Waals surface area contributed by atoms with Crippen molar-refractivity contribution >= 4 is 24.7 Å². The Morgan fingerprint density at radius 3 is 1.46 bits per heavy atom. The van der Waals surface area contributed by atoms with Gasteiger partial charge in [-0.25, -0.2) is 0 Å². The zero-order valence-electron chi connectivity index (χ0n) is 24.0. The topological polar surface area (TPSA) is 107 Å². The third-order valence-electron chi connectivity index (χ3n) is 4.97. The Morgan fingerprint density at radius 2 is 1.02 bits per heavy atom. The monoisotopic (exact) mass is 626 g/mol. The van der Waals surface area contributed by atoms with Crippen LogP contribution in [0.25, 0.3) is 0 Å². The summed E-state index contributed by atoms with van der Waals surface area (Å²) >= 11 is 0. The first-order valence-corrected chi connectivity index (χ1v) is 16.7. The summed E-state index contributed by atoms with van der Waals surface area (Å²) in [6.07, 6.45) is 0. The van der Waals surface area contributed by atoms with Gasteiger partial charge in [0.2, 0.25) is 0 Å². The summed E-state index contributed by atoms with van der Waals surface area (Å²) in [5.41, 5.74) is 0. The molecule has 0 bridgehead atoms. The molecular formula is C27H37N2O9P3. The lowest BCUT2D eigenvalue weighted by atomic mass is 10.3. The van der Waals surface area contributed by atoms with E-state index < -0.39 is 24.7 Å². The van der Waals surface area contributed by atoms with Crippen LogP contribution in [0.5, 0.6) is 34.5 Å². The van der Waals surface area contributed by atoms with Crippen LogP contribution in [0.4, 0.5) is 0 Å². The van der Waals surface area contributed by atoms with Gasteiger partial charge in [0.15, 0.2) is 0 Å². The number of rotatable bonds is 18. The van der Waals surface area contributed by atoms with E-state index in [0.29, 0.717) is 47.7 Å². The first-order chi connectivity index (χ1) is 20.0. The number of hydrogen-bond acceptors (Lipinski definition) is 10. The minimum Gasteiger partial charge on any atom is -0.497 e. The number of nitrogens with zero attached hydrogens (tertiary/aromatic N) is 1. The predicted octanol–water partition coefficient (Wildman–Crippen LogP) is 8.35. The number of hydrogen-bond donors (Lipinski definition) is 1. The van der Waals surface area contributed by atoms with Crippen molar-refractivity contribution in [2.45, 2.75) is 20.8 Å². The molecule has 0 aliphatic heterocycles. The zero-order chi connectivity index (χ0) is 29.5. The highest BCUT2D eigenvalue weighted by atomic mass is 31.3. The fourth-order valence-electron chi connectivity index (χ4n) is 3.13. The summed E-state index contributed by atoms with van der Waals surface area (Å²) < 4.78 is 57.7. The van der Waals surface area contributed by atoms with E-state index in [1.54, 1.807) is 94.1 Å². The summed E-state index contributed by atoms with van der Waals surface area (Å²) in [6.45, 7) is 6.58. The Labute approximate surface area is 244 Å². The Morgan fingerprint density at radius 1 is 0.585 bits per heavy atom. The van der Waals surface area contributed by atoms with Gasteiger partial charge in [-0.1, -0.05) is 0 Å². The van der Waals surface area contributed by atoms with Crippen LogP contribution >= 0.6 is 24.7 Å². The van der Waals surface area contributed by atoms with E-state index >= 15 is 0 Å². The number of methoxy groups -OCH3 is 3. The van der Waals surface area contributed by atoms with Crippen LogP contribution < -0.4 is 32.6 Å². The number of benzene rings is 3. The van der Waals surface area contributed by atoms with Crippen molar-refractivity contribution in [1.82, 2.24) is 4.86 Å². The second kappa shape index (κ2) is 17.4. The lowest BCUT2D eigenvalue weighted by Crippen LogP contribution is -2.16. The van der Waals surface area contributed by atoms with Gasteiger partial charge in [0.25, 0.3) is 0 Å². The molecule has 3 rings (SSSR count). The molecule has 3 atom stereocenters. The second-order valence-electron chi connectivity index (χ2n) is 7.76. The van der Waals surface area contributed by atoms with Crippen molar-refractivity contribution in [2.24, 2.45) is 4.52 Å². The largest absolute Gasteiger partial charge is 0.497 e. The third kappa shape index (κ3) is 10.6. The minimum atomic E-state index is -3.38. The van der Waals surface area contributed by atoms with Crippen LogP contribution in [0, 0.1) is 0 Å². The van der Waals surface area contributed by atoms with Gasteiger partial charge >= 0.3 is 24.7 Å². The van der Waals surface area contributed by atoms with Gasteiger partial charge in [-0.2, -0.15) is 0 Å². The number of ether oxygens (including phenoxy) is 3. The van der Waals surface area contributed by atoms with Gasteiger partial charge in [0.1, 0.15) is 34.5 Å². The molecule has 224 valence electrons. The molecule has 14 heteroatoms. The van der Waals surface area contributed by atoms with Gasteiger partial charge in [0, 0.05) is 0 Å². The molecule has 0 fully saturated rings. The van der Waals surface area contributed by atoms with Crippen LogP contribution in [0.2, 0.25) is 0 Å². The van der Waals surface area contributed by atoms with E-state index in [2.05, 4.69) is 4.86 Å². The van der Waals surface area contributed by atoms with Crippen molar-refractivity contribution < 1.29 is 41.4 Å². The molecule has 0 saturated carbocycles. The summed E-state index contributed by atoms with van der Waals surface area (Å²) in [4.78, 5) is 3.31. The van der Waals surface area contributed by atoms with Crippen molar-refractivity contribution in [3.8, 4) is 34.5 Å². The zero-order valence-corrected chi connectivity index (χ0v) is 26.7. The molecule has 11 nitrogen and oxygen atoms in total. The van der Waals surface area contributed by atoms with Crippen LogP contribution in [0.15, 0.2) is 77.3 Å². The maximum absolute atomic E-state index is 6.47. The molecule has 3 aromatic rings. The van der Waals surface area contributed by atoms with E-state index in [1.165, 1.54) is 0 Å². The maximum atomic E-state index is 6.47.